The molecule has 0 aromatic heterocycles. The Morgan fingerprint density at radius 3 is 2.55 bits per heavy atom. The van der Waals surface area contributed by atoms with E-state index in [4.69, 9.17) is 4.74 Å². The topological polar surface area (TPSA) is 41.6 Å². The van der Waals surface area contributed by atoms with Crippen molar-refractivity contribution in [1.82, 2.24) is 10.2 Å². The second-order valence-corrected chi connectivity index (χ2v) is 5.57. The predicted octanol–water partition coefficient (Wildman–Crippen LogP) is 2.46. The van der Waals surface area contributed by atoms with Gasteiger partial charge in [0.15, 0.2) is 0 Å². The summed E-state index contributed by atoms with van der Waals surface area (Å²) in [4.78, 5) is 14.8. The van der Waals surface area contributed by atoms with Gasteiger partial charge in [-0.05, 0) is 39.2 Å². The highest BCUT2D eigenvalue weighted by Crippen LogP contribution is 2.21. The van der Waals surface area contributed by atoms with E-state index < -0.39 is 0 Å². The van der Waals surface area contributed by atoms with Gasteiger partial charge in [0.05, 0.1) is 6.61 Å². The summed E-state index contributed by atoms with van der Waals surface area (Å²) >= 11 is 0. The maximum absolute atomic E-state index is 12.8. The van der Waals surface area contributed by atoms with E-state index in [-0.39, 0.29) is 18.3 Å². The van der Waals surface area contributed by atoms with Gasteiger partial charge in [-0.15, -0.1) is 12.4 Å². The van der Waals surface area contributed by atoms with Gasteiger partial charge < -0.3 is 15.0 Å². The fourth-order valence-corrected chi connectivity index (χ4v) is 2.98. The first kappa shape index (κ1) is 19.7. The first-order valence-electron chi connectivity index (χ1n) is 7.66. The molecule has 20 heavy (non-hydrogen) atoms. The van der Waals surface area contributed by atoms with Crippen LogP contribution in [0.3, 0.4) is 0 Å². The molecular formula is C15H31ClN2O2. The molecule has 1 fully saturated rings. The summed E-state index contributed by atoms with van der Waals surface area (Å²) in [5.41, 5.74) is 0. The van der Waals surface area contributed by atoms with Crippen LogP contribution in [0.4, 0.5) is 0 Å². The molecule has 0 spiro atoms. The highest BCUT2D eigenvalue weighted by atomic mass is 35.5. The highest BCUT2D eigenvalue weighted by molar-refractivity contribution is 5.85. The SMILES string of the molecule is CCC(CC)N(CCOC)C(=O)[C@H]1CCN[C@@H](C)C1.Cl. The number of nitrogens with one attached hydrogen (secondary N) is 1. The number of hydrogen-bond donors (Lipinski definition) is 1. The van der Waals surface area contributed by atoms with Crippen LogP contribution in [0, 0.1) is 5.92 Å². The molecular weight excluding hydrogens is 276 g/mol. The van der Waals surface area contributed by atoms with E-state index in [0.29, 0.717) is 24.6 Å². The van der Waals surface area contributed by atoms with Crippen LogP contribution in [-0.4, -0.2) is 49.7 Å². The van der Waals surface area contributed by atoms with Crippen LogP contribution in [0.25, 0.3) is 0 Å². The minimum atomic E-state index is 0. The third-order valence-corrected chi connectivity index (χ3v) is 4.18. The number of amides is 1. The summed E-state index contributed by atoms with van der Waals surface area (Å²) in [7, 11) is 1.70. The van der Waals surface area contributed by atoms with Crippen LogP contribution in [-0.2, 0) is 9.53 Å². The van der Waals surface area contributed by atoms with Gasteiger partial charge in [0.25, 0.3) is 0 Å². The summed E-state index contributed by atoms with van der Waals surface area (Å²) in [6.45, 7) is 8.79. The van der Waals surface area contributed by atoms with Crippen molar-refractivity contribution in [2.24, 2.45) is 5.92 Å². The molecule has 0 radical (unpaired) electrons. The zero-order chi connectivity index (χ0) is 14.3. The number of carbonyl (C=O) groups is 1. The molecule has 2 atom stereocenters. The second-order valence-electron chi connectivity index (χ2n) is 5.57. The predicted molar refractivity (Wildman–Crippen MR) is 85.4 cm³/mol. The fourth-order valence-electron chi connectivity index (χ4n) is 2.98. The Labute approximate surface area is 130 Å². The molecule has 1 aliphatic rings. The number of hydrogen-bond acceptors (Lipinski definition) is 3. The van der Waals surface area contributed by atoms with Crippen LogP contribution >= 0.6 is 12.4 Å². The van der Waals surface area contributed by atoms with E-state index in [1.807, 2.05) is 0 Å². The number of halogens is 1. The first-order chi connectivity index (χ1) is 9.13. The van der Waals surface area contributed by atoms with Gasteiger partial charge in [0, 0.05) is 31.7 Å². The number of rotatable bonds is 7. The second kappa shape index (κ2) is 10.4. The van der Waals surface area contributed by atoms with Gasteiger partial charge in [-0.2, -0.15) is 0 Å². The molecule has 1 heterocycles. The standard InChI is InChI=1S/C15H30N2O2.ClH/c1-5-14(6-2)17(9-10-19-4)15(18)13-7-8-16-12(3)11-13;/h12-14,16H,5-11H2,1-4H3;1H/t12-,13-;/m0./s1. The molecule has 120 valence electrons. The Morgan fingerprint density at radius 2 is 2.05 bits per heavy atom. The molecule has 0 saturated carbocycles. The molecule has 0 aliphatic carbocycles. The van der Waals surface area contributed by atoms with E-state index in [1.54, 1.807) is 7.11 Å². The van der Waals surface area contributed by atoms with E-state index in [2.05, 4.69) is 31.0 Å². The van der Waals surface area contributed by atoms with Crippen LogP contribution in [0.2, 0.25) is 0 Å². The van der Waals surface area contributed by atoms with Crippen molar-refractivity contribution >= 4 is 18.3 Å². The van der Waals surface area contributed by atoms with E-state index in [0.717, 1.165) is 38.8 Å². The summed E-state index contributed by atoms with van der Waals surface area (Å²) in [5, 5.41) is 3.41. The molecule has 4 nitrogen and oxygen atoms in total. The minimum Gasteiger partial charge on any atom is -0.383 e. The van der Waals surface area contributed by atoms with Crippen LogP contribution in [0.15, 0.2) is 0 Å². The highest BCUT2D eigenvalue weighted by Gasteiger charge is 2.30. The molecule has 1 saturated heterocycles. The summed E-state index contributed by atoms with van der Waals surface area (Å²) in [6.07, 6.45) is 3.97. The zero-order valence-corrected chi connectivity index (χ0v) is 14.2. The molecule has 0 bridgehead atoms. The Morgan fingerprint density at radius 1 is 1.40 bits per heavy atom. The number of nitrogens with zero attached hydrogens (tertiary/aromatic N) is 1. The van der Waals surface area contributed by atoms with Gasteiger partial charge in [-0.25, -0.2) is 0 Å². The summed E-state index contributed by atoms with van der Waals surface area (Å²) in [5.74, 6) is 0.521. The number of piperidine rings is 1. The molecule has 0 aromatic carbocycles. The Kier molecular flexibility index (Phi) is 10.2. The molecule has 1 N–H and O–H groups in total. The lowest BCUT2D eigenvalue weighted by Gasteiger charge is -2.36. The summed E-state index contributed by atoms with van der Waals surface area (Å²) < 4.78 is 5.16. The summed E-state index contributed by atoms with van der Waals surface area (Å²) in [6, 6.07) is 0.807. The quantitative estimate of drug-likeness (QED) is 0.785. The molecule has 1 aliphatic heterocycles. The molecule has 1 rings (SSSR count). The van der Waals surface area contributed by atoms with Crippen LogP contribution < -0.4 is 5.32 Å². The number of methoxy groups -OCH3 is 1. The molecule has 0 aromatic rings. The van der Waals surface area contributed by atoms with Gasteiger partial charge in [0.1, 0.15) is 0 Å². The zero-order valence-electron chi connectivity index (χ0n) is 13.4. The largest absolute Gasteiger partial charge is 0.383 e. The maximum atomic E-state index is 12.8. The van der Waals surface area contributed by atoms with Gasteiger partial charge in [-0.1, -0.05) is 13.8 Å². The van der Waals surface area contributed by atoms with Crippen molar-refractivity contribution in [3.8, 4) is 0 Å². The molecule has 5 heteroatoms. The van der Waals surface area contributed by atoms with E-state index in [1.165, 1.54) is 0 Å². The third-order valence-electron chi connectivity index (χ3n) is 4.18. The van der Waals surface area contributed by atoms with Crippen molar-refractivity contribution in [2.45, 2.75) is 58.5 Å². The van der Waals surface area contributed by atoms with Crippen molar-refractivity contribution in [3.05, 3.63) is 0 Å². The fraction of sp³-hybridized carbons (Fsp3) is 0.933. The average molecular weight is 307 g/mol. The third kappa shape index (κ3) is 5.58. The van der Waals surface area contributed by atoms with Crippen LogP contribution in [0.5, 0.6) is 0 Å². The lowest BCUT2D eigenvalue weighted by Crippen LogP contribution is -2.48. The smallest absolute Gasteiger partial charge is 0.226 e. The molecule has 1 amide bonds. The average Bonchev–Trinajstić information content (AvgIpc) is 2.43. The van der Waals surface area contributed by atoms with Crippen molar-refractivity contribution < 1.29 is 9.53 Å². The van der Waals surface area contributed by atoms with Gasteiger partial charge in [0.2, 0.25) is 5.91 Å². The maximum Gasteiger partial charge on any atom is 0.226 e. The molecule has 0 unspecified atom stereocenters. The Bertz CT molecular complexity index is 273. The van der Waals surface area contributed by atoms with E-state index in [9.17, 15) is 4.79 Å². The van der Waals surface area contributed by atoms with Gasteiger partial charge >= 0.3 is 0 Å². The lowest BCUT2D eigenvalue weighted by molar-refractivity contribution is -0.140. The number of carbonyl (C=O) groups excluding carboxylic acids is 1. The van der Waals surface area contributed by atoms with Gasteiger partial charge in [-0.3, -0.25) is 4.79 Å². The van der Waals surface area contributed by atoms with Crippen LogP contribution in [0.1, 0.15) is 46.5 Å². The Balaban J connectivity index is 0.00000361. The monoisotopic (exact) mass is 306 g/mol. The number of ether oxygens (including phenoxy) is 1. The van der Waals surface area contributed by atoms with Crippen molar-refractivity contribution in [1.29, 1.82) is 0 Å². The minimum absolute atomic E-state index is 0. The Hall–Kier alpha value is -0.320. The first-order valence-corrected chi connectivity index (χ1v) is 7.66. The lowest BCUT2D eigenvalue weighted by atomic mass is 9.91. The van der Waals surface area contributed by atoms with E-state index >= 15 is 0 Å². The van der Waals surface area contributed by atoms with Crippen molar-refractivity contribution in [2.75, 3.05) is 26.8 Å². The normalized spacial score (nSPS) is 22.4. The van der Waals surface area contributed by atoms with Crippen molar-refractivity contribution in [3.63, 3.8) is 0 Å².